The Morgan fingerprint density at radius 3 is 1.58 bits per heavy atom. The average molecular weight is 338 g/mol. The number of aliphatic hydroxyl groups is 1. The van der Waals surface area contributed by atoms with E-state index in [1.54, 1.807) is 0 Å². The molecule has 2 nitrogen and oxygen atoms in total. The largest absolute Gasteiger partial charge is 1.00 e. The van der Waals surface area contributed by atoms with Gasteiger partial charge in [-0.2, -0.15) is 0 Å². The molecule has 0 aromatic heterocycles. The summed E-state index contributed by atoms with van der Waals surface area (Å²) in [6, 6.07) is 0. The Labute approximate surface area is 131 Å². The fraction of sp³-hybridized carbons (Fsp3) is 1.00. The van der Waals surface area contributed by atoms with Gasteiger partial charge in [-0.25, -0.2) is 0 Å². The number of hydrogen-bond donors (Lipinski definition) is 1. The summed E-state index contributed by atoms with van der Waals surface area (Å²) in [4.78, 5) is 0. The molecule has 0 fully saturated rings. The molecule has 0 unspecified atom stereocenters. The molecule has 0 rings (SSSR count). The van der Waals surface area contributed by atoms with E-state index in [-0.39, 0.29) is 17.0 Å². The van der Waals surface area contributed by atoms with Gasteiger partial charge in [0.1, 0.15) is 0 Å². The van der Waals surface area contributed by atoms with Crippen molar-refractivity contribution >= 4 is 0 Å². The zero-order chi connectivity index (χ0) is 13.7. The van der Waals surface area contributed by atoms with Gasteiger partial charge in [0.2, 0.25) is 0 Å². The van der Waals surface area contributed by atoms with Gasteiger partial charge in [0.15, 0.2) is 0 Å². The van der Waals surface area contributed by atoms with Gasteiger partial charge in [-0.1, -0.05) is 45.4 Å². The monoisotopic (exact) mass is 337 g/mol. The molecule has 0 amide bonds. The van der Waals surface area contributed by atoms with E-state index in [1.807, 2.05) is 0 Å². The highest BCUT2D eigenvalue weighted by molar-refractivity contribution is 4.46. The van der Waals surface area contributed by atoms with Crippen LogP contribution < -0.4 is 17.0 Å². The first-order valence-electron chi connectivity index (χ1n) is 8.05. The molecule has 0 radical (unpaired) electrons. The standard InChI is InChI=1S/C16H36NO.BrH/c1-4-5-6-7-8-9-10-11-14-17(2,3)15-12-13-16-18;/h18H,4-16H2,1-3H3;1H/q+1;/p-1. The lowest BCUT2D eigenvalue weighted by Crippen LogP contribution is -3.00. The minimum atomic E-state index is 0. The van der Waals surface area contributed by atoms with Crippen molar-refractivity contribution in [1.82, 2.24) is 0 Å². The number of unbranched alkanes of at least 4 members (excludes halogenated alkanes) is 8. The maximum Gasteiger partial charge on any atom is 0.0783 e. The third-order valence-electron chi connectivity index (χ3n) is 3.79. The van der Waals surface area contributed by atoms with Crippen molar-refractivity contribution in [1.29, 1.82) is 0 Å². The highest BCUT2D eigenvalue weighted by Gasteiger charge is 2.13. The van der Waals surface area contributed by atoms with Gasteiger partial charge in [0.05, 0.1) is 27.2 Å². The molecule has 19 heavy (non-hydrogen) atoms. The summed E-state index contributed by atoms with van der Waals surface area (Å²) in [5, 5.41) is 8.79. The fourth-order valence-electron chi connectivity index (χ4n) is 2.44. The molecule has 0 heterocycles. The van der Waals surface area contributed by atoms with E-state index in [0.29, 0.717) is 6.61 Å². The molecule has 0 saturated carbocycles. The Bertz CT molecular complexity index is 174. The smallest absolute Gasteiger partial charge is 0.0783 e. The minimum Gasteiger partial charge on any atom is -1.00 e. The molecule has 0 spiro atoms. The number of hydrogen-bond acceptors (Lipinski definition) is 1. The second kappa shape index (κ2) is 14.8. The van der Waals surface area contributed by atoms with Gasteiger partial charge in [-0.3, -0.25) is 0 Å². The summed E-state index contributed by atoms with van der Waals surface area (Å²) in [5.41, 5.74) is 0. The summed E-state index contributed by atoms with van der Waals surface area (Å²) in [5.74, 6) is 0. The van der Waals surface area contributed by atoms with Crippen LogP contribution in [-0.4, -0.2) is 43.4 Å². The van der Waals surface area contributed by atoms with E-state index in [9.17, 15) is 0 Å². The number of nitrogens with zero attached hydrogens (tertiary/aromatic N) is 1. The van der Waals surface area contributed by atoms with Crippen LogP contribution in [0.25, 0.3) is 0 Å². The first-order chi connectivity index (χ1) is 8.62. The topological polar surface area (TPSA) is 20.2 Å². The summed E-state index contributed by atoms with van der Waals surface area (Å²) < 4.78 is 1.12. The zero-order valence-electron chi connectivity index (χ0n) is 13.5. The number of quaternary nitrogens is 1. The highest BCUT2D eigenvalue weighted by atomic mass is 79.9. The van der Waals surface area contributed by atoms with Crippen LogP contribution in [0.15, 0.2) is 0 Å². The second-order valence-corrected chi connectivity index (χ2v) is 6.29. The van der Waals surface area contributed by atoms with Gasteiger partial charge >= 0.3 is 0 Å². The van der Waals surface area contributed by atoms with E-state index < -0.39 is 0 Å². The van der Waals surface area contributed by atoms with Gasteiger partial charge in [0.25, 0.3) is 0 Å². The highest BCUT2D eigenvalue weighted by Crippen LogP contribution is 2.10. The molecule has 0 bridgehead atoms. The Kier molecular flexibility index (Phi) is 16.9. The van der Waals surface area contributed by atoms with E-state index in [2.05, 4.69) is 21.0 Å². The van der Waals surface area contributed by atoms with E-state index in [4.69, 9.17) is 5.11 Å². The van der Waals surface area contributed by atoms with Gasteiger partial charge in [0, 0.05) is 6.61 Å². The van der Waals surface area contributed by atoms with Crippen LogP contribution >= 0.6 is 0 Å². The van der Waals surface area contributed by atoms with Crippen molar-refractivity contribution < 1.29 is 26.6 Å². The normalized spacial score (nSPS) is 11.4. The molecule has 0 aliphatic heterocycles. The molecule has 1 N–H and O–H groups in total. The molecule has 3 heteroatoms. The van der Waals surface area contributed by atoms with E-state index in [0.717, 1.165) is 17.3 Å². The van der Waals surface area contributed by atoms with Crippen molar-refractivity contribution in [2.75, 3.05) is 33.8 Å². The maximum atomic E-state index is 8.79. The lowest BCUT2D eigenvalue weighted by molar-refractivity contribution is -0.890. The first-order valence-corrected chi connectivity index (χ1v) is 8.05. The van der Waals surface area contributed by atoms with Crippen LogP contribution in [0.2, 0.25) is 0 Å². The van der Waals surface area contributed by atoms with Crippen LogP contribution in [-0.2, 0) is 0 Å². The van der Waals surface area contributed by atoms with Crippen LogP contribution in [0, 0.1) is 0 Å². The van der Waals surface area contributed by atoms with Crippen molar-refractivity contribution in [3.8, 4) is 0 Å². The van der Waals surface area contributed by atoms with Gasteiger partial charge in [-0.15, -0.1) is 0 Å². The lowest BCUT2D eigenvalue weighted by Gasteiger charge is -2.29. The fourth-order valence-corrected chi connectivity index (χ4v) is 2.44. The lowest BCUT2D eigenvalue weighted by atomic mass is 10.1. The van der Waals surface area contributed by atoms with Crippen molar-refractivity contribution in [2.24, 2.45) is 0 Å². The third-order valence-corrected chi connectivity index (χ3v) is 3.79. The van der Waals surface area contributed by atoms with E-state index in [1.165, 1.54) is 64.5 Å². The summed E-state index contributed by atoms with van der Waals surface area (Å²) >= 11 is 0. The molecule has 0 aromatic carbocycles. The molecular formula is C16H36BrNO. The van der Waals surface area contributed by atoms with Crippen molar-refractivity contribution in [3.05, 3.63) is 0 Å². The molecule has 0 atom stereocenters. The Balaban J connectivity index is 0. The van der Waals surface area contributed by atoms with Crippen LogP contribution in [0.3, 0.4) is 0 Å². The summed E-state index contributed by atoms with van der Waals surface area (Å²) in [7, 11) is 4.64. The van der Waals surface area contributed by atoms with Gasteiger partial charge < -0.3 is 26.6 Å². The molecular weight excluding hydrogens is 302 g/mol. The zero-order valence-corrected chi connectivity index (χ0v) is 15.1. The summed E-state index contributed by atoms with van der Waals surface area (Å²) in [6.07, 6.45) is 13.3. The SMILES string of the molecule is CCCCCCCCCC[N+](C)(C)CCCCO.[Br-]. The first kappa shape index (κ1) is 21.7. The molecule has 0 aliphatic rings. The van der Waals surface area contributed by atoms with Crippen molar-refractivity contribution in [3.63, 3.8) is 0 Å². The predicted molar refractivity (Wildman–Crippen MR) is 80.8 cm³/mol. The summed E-state index contributed by atoms with van der Waals surface area (Å²) in [6.45, 7) is 5.12. The second-order valence-electron chi connectivity index (χ2n) is 6.29. The number of halogens is 1. The molecule has 0 saturated heterocycles. The third kappa shape index (κ3) is 16.3. The van der Waals surface area contributed by atoms with Crippen LogP contribution in [0.5, 0.6) is 0 Å². The average Bonchev–Trinajstić information content (AvgIpc) is 2.33. The van der Waals surface area contributed by atoms with Crippen molar-refractivity contribution in [2.45, 2.75) is 71.1 Å². The Hall–Kier alpha value is 0.400. The minimum absolute atomic E-state index is 0. The van der Waals surface area contributed by atoms with E-state index >= 15 is 0 Å². The number of aliphatic hydroxyl groups excluding tert-OH is 1. The quantitative estimate of drug-likeness (QED) is 0.392. The predicted octanol–water partition coefficient (Wildman–Crippen LogP) is 0.980. The van der Waals surface area contributed by atoms with Crippen LogP contribution in [0.1, 0.15) is 71.1 Å². The van der Waals surface area contributed by atoms with Crippen LogP contribution in [0.4, 0.5) is 0 Å². The number of rotatable bonds is 13. The molecule has 0 aliphatic carbocycles. The molecule has 0 aromatic rings. The van der Waals surface area contributed by atoms with Gasteiger partial charge in [-0.05, 0) is 25.7 Å². The Morgan fingerprint density at radius 2 is 1.11 bits per heavy atom. The maximum absolute atomic E-state index is 8.79. The Morgan fingerprint density at radius 1 is 0.684 bits per heavy atom. The molecule has 118 valence electrons.